The molecule has 0 aromatic carbocycles. The van der Waals surface area contributed by atoms with Crippen LogP contribution in [0.3, 0.4) is 0 Å². The lowest BCUT2D eigenvalue weighted by molar-refractivity contribution is -0.167. The first kappa shape index (κ1) is 67.4. The van der Waals surface area contributed by atoms with Gasteiger partial charge in [0.15, 0.2) is 6.10 Å². The molecule has 1 unspecified atom stereocenters. The van der Waals surface area contributed by atoms with Gasteiger partial charge < -0.3 is 14.2 Å². The number of ether oxygens (including phenoxy) is 3. The van der Waals surface area contributed by atoms with Crippen molar-refractivity contribution >= 4 is 17.9 Å². The van der Waals surface area contributed by atoms with Crippen molar-refractivity contribution in [3.8, 4) is 0 Å². The fraction of sp³-hybridized carbons (Fsp3) is 0.828. The summed E-state index contributed by atoms with van der Waals surface area (Å²) in [7, 11) is 0. The zero-order valence-electron chi connectivity index (χ0n) is 46.8. The van der Waals surface area contributed by atoms with Gasteiger partial charge in [-0.15, -0.1) is 0 Å². The Morgan fingerprint density at radius 2 is 0.529 bits per heavy atom. The minimum Gasteiger partial charge on any atom is -0.462 e. The van der Waals surface area contributed by atoms with E-state index in [1.165, 1.54) is 199 Å². The van der Waals surface area contributed by atoms with E-state index in [4.69, 9.17) is 14.2 Å². The number of carbonyl (C=O) groups excluding carboxylic acids is 3. The molecule has 0 saturated carbocycles. The lowest BCUT2D eigenvalue weighted by atomic mass is 10.0. The average molecular weight is 982 g/mol. The Morgan fingerprint density at radius 1 is 0.286 bits per heavy atom. The van der Waals surface area contributed by atoms with E-state index in [1.807, 2.05) is 0 Å². The third kappa shape index (κ3) is 56.3. The number of unbranched alkanes of at least 4 members (excludes halogenated alkanes) is 37. The molecule has 0 aromatic rings. The molecular formula is C64H116O6. The Balaban J connectivity index is 4.34. The van der Waals surface area contributed by atoms with Gasteiger partial charge in [-0.25, -0.2) is 0 Å². The molecule has 408 valence electrons. The SMILES string of the molecule is CCCC/C=C\C/C=C\CCCCCCCC(=O)OCC(COC(=O)CCCCCCCCCCC/C=C\C/C=C\CCCCCCC)OC(=O)CCCCCCCCCCCCCCCCCCC. The zero-order chi connectivity index (χ0) is 50.7. The van der Waals surface area contributed by atoms with Crippen molar-refractivity contribution in [3.63, 3.8) is 0 Å². The summed E-state index contributed by atoms with van der Waals surface area (Å²) in [4.78, 5) is 38.2. The molecule has 0 spiro atoms. The van der Waals surface area contributed by atoms with Crippen molar-refractivity contribution in [2.75, 3.05) is 13.2 Å². The average Bonchev–Trinajstić information content (AvgIpc) is 3.36. The predicted molar refractivity (Wildman–Crippen MR) is 302 cm³/mol. The molecule has 0 N–H and O–H groups in total. The topological polar surface area (TPSA) is 78.9 Å². The highest BCUT2D eigenvalue weighted by Gasteiger charge is 2.19. The van der Waals surface area contributed by atoms with Gasteiger partial charge in [0.05, 0.1) is 0 Å². The van der Waals surface area contributed by atoms with Crippen LogP contribution in [0.4, 0.5) is 0 Å². The summed E-state index contributed by atoms with van der Waals surface area (Å²) in [6, 6.07) is 0. The molecule has 0 aromatic heterocycles. The van der Waals surface area contributed by atoms with E-state index in [9.17, 15) is 14.4 Å². The first-order chi connectivity index (χ1) is 34.5. The van der Waals surface area contributed by atoms with Gasteiger partial charge >= 0.3 is 17.9 Å². The Kier molecular flexibility index (Phi) is 56.7. The summed E-state index contributed by atoms with van der Waals surface area (Å²) in [6.45, 7) is 6.62. The molecule has 0 amide bonds. The van der Waals surface area contributed by atoms with Gasteiger partial charge in [0, 0.05) is 19.3 Å². The maximum Gasteiger partial charge on any atom is 0.306 e. The predicted octanol–water partition coefficient (Wildman–Crippen LogP) is 20.6. The highest BCUT2D eigenvalue weighted by molar-refractivity contribution is 5.71. The van der Waals surface area contributed by atoms with Crippen LogP contribution in [0.2, 0.25) is 0 Å². The summed E-state index contributed by atoms with van der Waals surface area (Å²) in [5.74, 6) is -0.876. The molecule has 0 radical (unpaired) electrons. The van der Waals surface area contributed by atoms with Crippen LogP contribution in [0.5, 0.6) is 0 Å². The van der Waals surface area contributed by atoms with Crippen molar-refractivity contribution in [2.24, 2.45) is 0 Å². The molecule has 0 rings (SSSR count). The highest BCUT2D eigenvalue weighted by atomic mass is 16.6. The standard InChI is InChI=1S/C64H116O6/c1-4-7-10-13-16-19-22-25-28-30-31-32-33-35-36-39-42-45-48-51-54-57-63(66)69-60-61(59-68-62(65)56-53-50-47-44-41-38-27-24-21-18-15-12-9-6-3)70-64(67)58-55-52-49-46-43-40-37-34-29-26-23-20-17-14-11-8-5-2/h15,18,22,24-25,27,30-31,61H,4-14,16-17,19-21,23,26,28-29,32-60H2,1-3H3/b18-15-,25-22-,27-24-,31-30-. The van der Waals surface area contributed by atoms with Crippen molar-refractivity contribution < 1.29 is 28.6 Å². The Hall–Kier alpha value is -2.63. The molecule has 6 nitrogen and oxygen atoms in total. The number of hydrogen-bond acceptors (Lipinski definition) is 6. The Morgan fingerprint density at radius 3 is 0.829 bits per heavy atom. The lowest BCUT2D eigenvalue weighted by Gasteiger charge is -2.18. The van der Waals surface area contributed by atoms with Crippen LogP contribution in [-0.4, -0.2) is 37.2 Å². The van der Waals surface area contributed by atoms with Gasteiger partial charge in [-0.05, 0) is 77.0 Å². The summed E-state index contributed by atoms with van der Waals surface area (Å²) in [5, 5.41) is 0. The molecular weight excluding hydrogens is 865 g/mol. The molecule has 0 bridgehead atoms. The number of rotatable bonds is 56. The maximum absolute atomic E-state index is 12.9. The third-order valence-electron chi connectivity index (χ3n) is 13.6. The fourth-order valence-corrected chi connectivity index (χ4v) is 8.90. The molecule has 6 heteroatoms. The van der Waals surface area contributed by atoms with E-state index in [0.29, 0.717) is 19.3 Å². The van der Waals surface area contributed by atoms with Gasteiger partial charge in [-0.3, -0.25) is 14.4 Å². The van der Waals surface area contributed by atoms with E-state index in [2.05, 4.69) is 69.4 Å². The van der Waals surface area contributed by atoms with Gasteiger partial charge in [0.2, 0.25) is 0 Å². The molecule has 1 atom stereocenters. The van der Waals surface area contributed by atoms with Crippen LogP contribution in [0.1, 0.15) is 323 Å². The van der Waals surface area contributed by atoms with E-state index in [1.54, 1.807) is 0 Å². The van der Waals surface area contributed by atoms with E-state index in [-0.39, 0.29) is 31.1 Å². The molecule has 70 heavy (non-hydrogen) atoms. The highest BCUT2D eigenvalue weighted by Crippen LogP contribution is 2.17. The quantitative estimate of drug-likeness (QED) is 0.0261. The number of carbonyl (C=O) groups is 3. The lowest BCUT2D eigenvalue weighted by Crippen LogP contribution is -2.30. The van der Waals surface area contributed by atoms with Gasteiger partial charge in [0.25, 0.3) is 0 Å². The van der Waals surface area contributed by atoms with Gasteiger partial charge in [-0.1, -0.05) is 275 Å². The smallest absolute Gasteiger partial charge is 0.306 e. The maximum atomic E-state index is 12.9. The van der Waals surface area contributed by atoms with E-state index < -0.39 is 6.10 Å². The van der Waals surface area contributed by atoms with Crippen LogP contribution < -0.4 is 0 Å². The monoisotopic (exact) mass is 981 g/mol. The van der Waals surface area contributed by atoms with Crippen molar-refractivity contribution in [3.05, 3.63) is 48.6 Å². The normalized spacial score (nSPS) is 12.3. The van der Waals surface area contributed by atoms with Crippen LogP contribution >= 0.6 is 0 Å². The van der Waals surface area contributed by atoms with Crippen LogP contribution in [0, 0.1) is 0 Å². The van der Waals surface area contributed by atoms with Crippen LogP contribution in [0.25, 0.3) is 0 Å². The second-order valence-corrected chi connectivity index (χ2v) is 20.6. The number of hydrogen-bond donors (Lipinski definition) is 0. The van der Waals surface area contributed by atoms with E-state index in [0.717, 1.165) is 83.5 Å². The number of allylic oxidation sites excluding steroid dienone is 8. The summed E-state index contributed by atoms with van der Waals surface area (Å²) < 4.78 is 16.9. The first-order valence-corrected chi connectivity index (χ1v) is 30.6. The minimum atomic E-state index is -0.779. The van der Waals surface area contributed by atoms with Crippen LogP contribution in [-0.2, 0) is 28.6 Å². The molecule has 0 fully saturated rings. The molecule has 0 aliphatic heterocycles. The summed E-state index contributed by atoms with van der Waals surface area (Å²) >= 11 is 0. The molecule has 0 heterocycles. The third-order valence-corrected chi connectivity index (χ3v) is 13.6. The van der Waals surface area contributed by atoms with Crippen molar-refractivity contribution in [1.29, 1.82) is 0 Å². The molecule has 0 saturated heterocycles. The second-order valence-electron chi connectivity index (χ2n) is 20.6. The van der Waals surface area contributed by atoms with Gasteiger partial charge in [-0.2, -0.15) is 0 Å². The zero-order valence-corrected chi connectivity index (χ0v) is 46.8. The summed E-state index contributed by atoms with van der Waals surface area (Å²) in [6.07, 6.45) is 72.5. The number of esters is 3. The first-order valence-electron chi connectivity index (χ1n) is 30.6. The second kappa shape index (κ2) is 58.9. The van der Waals surface area contributed by atoms with Crippen molar-refractivity contribution in [1.82, 2.24) is 0 Å². The fourth-order valence-electron chi connectivity index (χ4n) is 8.90. The largest absolute Gasteiger partial charge is 0.462 e. The molecule has 0 aliphatic rings. The van der Waals surface area contributed by atoms with Crippen molar-refractivity contribution in [2.45, 2.75) is 329 Å². The Labute approximate surface area is 435 Å². The van der Waals surface area contributed by atoms with Crippen LogP contribution in [0.15, 0.2) is 48.6 Å². The Bertz CT molecular complexity index is 1220. The minimum absolute atomic E-state index is 0.0768. The van der Waals surface area contributed by atoms with E-state index >= 15 is 0 Å². The summed E-state index contributed by atoms with van der Waals surface area (Å²) in [5.41, 5.74) is 0. The molecule has 0 aliphatic carbocycles. The van der Waals surface area contributed by atoms with Gasteiger partial charge in [0.1, 0.15) is 13.2 Å².